The van der Waals surface area contributed by atoms with Gasteiger partial charge in [-0.05, 0) is 31.2 Å². The van der Waals surface area contributed by atoms with Crippen molar-refractivity contribution < 1.29 is 19.1 Å². The normalized spacial score (nSPS) is 11.2. The van der Waals surface area contributed by atoms with Crippen molar-refractivity contribution in [2.75, 3.05) is 0 Å². The Hall–Kier alpha value is -2.82. The van der Waals surface area contributed by atoms with Crippen molar-refractivity contribution in [1.82, 2.24) is 5.32 Å². The van der Waals surface area contributed by atoms with E-state index in [9.17, 15) is 14.7 Å². The number of rotatable bonds is 4. The maximum Gasteiger partial charge on any atom is 0.255 e. The fourth-order valence-corrected chi connectivity index (χ4v) is 1.56. The van der Waals surface area contributed by atoms with Gasteiger partial charge in [-0.15, -0.1) is 0 Å². The Bertz CT molecular complexity index is 639. The standard InChI is InChI=1S/C15H13NO4/c1-10-4-6-11(7-5-10)14(17)16-13(15(18)19)9-12-3-2-8-20-12/h2-9H,1H3,(H,16,17)(H,18,19)/p-1/b13-9+. The molecule has 5 nitrogen and oxygen atoms in total. The van der Waals surface area contributed by atoms with Crippen molar-refractivity contribution in [2.45, 2.75) is 6.92 Å². The average Bonchev–Trinajstić information content (AvgIpc) is 2.91. The lowest BCUT2D eigenvalue weighted by molar-refractivity contribution is -0.299. The van der Waals surface area contributed by atoms with Crippen LogP contribution >= 0.6 is 0 Å². The molecule has 0 unspecified atom stereocenters. The smallest absolute Gasteiger partial charge is 0.255 e. The highest BCUT2D eigenvalue weighted by atomic mass is 16.4. The van der Waals surface area contributed by atoms with Crippen molar-refractivity contribution in [3.8, 4) is 0 Å². The molecule has 1 N–H and O–H groups in total. The van der Waals surface area contributed by atoms with Crippen LogP contribution in [0.15, 0.2) is 52.8 Å². The Morgan fingerprint density at radius 2 is 1.90 bits per heavy atom. The molecule has 0 saturated heterocycles. The summed E-state index contributed by atoms with van der Waals surface area (Å²) in [6, 6.07) is 9.95. The molecule has 0 radical (unpaired) electrons. The SMILES string of the molecule is Cc1ccc(C(=O)N/C(=C/c2ccco2)C(=O)[O-])cc1. The minimum absolute atomic E-state index is 0.313. The van der Waals surface area contributed by atoms with Crippen molar-refractivity contribution in [3.05, 3.63) is 65.2 Å². The van der Waals surface area contributed by atoms with E-state index < -0.39 is 11.9 Å². The Balaban J connectivity index is 2.18. The van der Waals surface area contributed by atoms with Gasteiger partial charge in [-0.3, -0.25) is 4.79 Å². The topological polar surface area (TPSA) is 82.4 Å². The summed E-state index contributed by atoms with van der Waals surface area (Å²) in [4.78, 5) is 22.9. The second kappa shape index (κ2) is 5.88. The highest BCUT2D eigenvalue weighted by Crippen LogP contribution is 2.07. The van der Waals surface area contributed by atoms with Crippen molar-refractivity contribution in [2.24, 2.45) is 0 Å². The summed E-state index contributed by atoms with van der Waals surface area (Å²) in [5, 5.41) is 13.3. The van der Waals surface area contributed by atoms with Crippen LogP contribution in [0.25, 0.3) is 6.08 Å². The average molecular weight is 270 g/mol. The number of furan rings is 1. The number of hydrogen-bond acceptors (Lipinski definition) is 4. The fourth-order valence-electron chi connectivity index (χ4n) is 1.56. The van der Waals surface area contributed by atoms with E-state index in [1.54, 1.807) is 36.4 Å². The van der Waals surface area contributed by atoms with E-state index in [4.69, 9.17) is 4.42 Å². The Kier molecular flexibility index (Phi) is 4.00. The van der Waals surface area contributed by atoms with Gasteiger partial charge < -0.3 is 19.6 Å². The highest BCUT2D eigenvalue weighted by molar-refractivity contribution is 6.02. The third-order valence-electron chi connectivity index (χ3n) is 2.61. The molecule has 0 aliphatic rings. The van der Waals surface area contributed by atoms with E-state index in [0.29, 0.717) is 11.3 Å². The Labute approximate surface area is 115 Å². The quantitative estimate of drug-likeness (QED) is 0.844. The lowest BCUT2D eigenvalue weighted by Crippen LogP contribution is -2.35. The number of amides is 1. The molecule has 1 heterocycles. The molecular weight excluding hydrogens is 258 g/mol. The van der Waals surface area contributed by atoms with Crippen LogP contribution in [0.5, 0.6) is 0 Å². The molecule has 2 aromatic rings. The molecular formula is C15H12NO4-. The highest BCUT2D eigenvalue weighted by Gasteiger charge is 2.09. The zero-order valence-corrected chi connectivity index (χ0v) is 10.8. The van der Waals surface area contributed by atoms with Gasteiger partial charge in [-0.2, -0.15) is 0 Å². The summed E-state index contributed by atoms with van der Waals surface area (Å²) >= 11 is 0. The number of aryl methyl sites for hydroxylation is 1. The predicted octanol–water partition coefficient (Wildman–Crippen LogP) is 1.11. The zero-order valence-electron chi connectivity index (χ0n) is 10.8. The van der Waals surface area contributed by atoms with Crippen LogP contribution in [-0.2, 0) is 4.79 Å². The first-order chi connectivity index (χ1) is 9.56. The number of carbonyl (C=O) groups excluding carboxylic acids is 2. The minimum Gasteiger partial charge on any atom is -0.543 e. The maximum absolute atomic E-state index is 11.9. The van der Waals surface area contributed by atoms with E-state index in [1.165, 1.54) is 12.3 Å². The Morgan fingerprint density at radius 3 is 2.45 bits per heavy atom. The largest absolute Gasteiger partial charge is 0.543 e. The van der Waals surface area contributed by atoms with Gasteiger partial charge in [0.25, 0.3) is 5.91 Å². The molecule has 1 aromatic carbocycles. The number of carboxylic acid groups (broad SMARTS) is 1. The van der Waals surface area contributed by atoms with Crippen LogP contribution in [0, 0.1) is 6.92 Å². The van der Waals surface area contributed by atoms with Crippen LogP contribution in [0.2, 0.25) is 0 Å². The molecule has 1 aromatic heterocycles. The predicted molar refractivity (Wildman–Crippen MR) is 70.3 cm³/mol. The second-order valence-corrected chi connectivity index (χ2v) is 4.18. The summed E-state index contributed by atoms with van der Waals surface area (Å²) in [6.07, 6.45) is 2.60. The van der Waals surface area contributed by atoms with E-state index in [0.717, 1.165) is 5.56 Å². The Morgan fingerprint density at radius 1 is 1.20 bits per heavy atom. The van der Waals surface area contributed by atoms with Crippen LogP contribution in [0.4, 0.5) is 0 Å². The fraction of sp³-hybridized carbons (Fsp3) is 0.0667. The van der Waals surface area contributed by atoms with E-state index in [1.807, 2.05) is 6.92 Å². The van der Waals surface area contributed by atoms with Gasteiger partial charge in [0.05, 0.1) is 17.9 Å². The molecule has 0 atom stereocenters. The van der Waals surface area contributed by atoms with Crippen molar-refractivity contribution in [1.29, 1.82) is 0 Å². The van der Waals surface area contributed by atoms with Crippen molar-refractivity contribution >= 4 is 18.0 Å². The summed E-state index contributed by atoms with van der Waals surface area (Å²) in [6.45, 7) is 1.89. The first-order valence-corrected chi connectivity index (χ1v) is 5.91. The van der Waals surface area contributed by atoms with Crippen LogP contribution in [-0.4, -0.2) is 11.9 Å². The van der Waals surface area contributed by atoms with Crippen LogP contribution in [0.3, 0.4) is 0 Å². The summed E-state index contributed by atoms with van der Waals surface area (Å²) in [5.74, 6) is -1.69. The van der Waals surface area contributed by atoms with Gasteiger partial charge >= 0.3 is 0 Å². The summed E-state index contributed by atoms with van der Waals surface area (Å²) in [5.41, 5.74) is 1.01. The molecule has 2 rings (SSSR count). The number of hydrogen-bond donors (Lipinski definition) is 1. The van der Waals surface area contributed by atoms with Crippen molar-refractivity contribution in [3.63, 3.8) is 0 Å². The molecule has 0 fully saturated rings. The number of carbonyl (C=O) groups is 2. The molecule has 0 spiro atoms. The zero-order chi connectivity index (χ0) is 14.5. The van der Waals surface area contributed by atoms with Crippen LogP contribution < -0.4 is 10.4 Å². The van der Waals surface area contributed by atoms with Gasteiger partial charge in [-0.1, -0.05) is 17.7 Å². The monoisotopic (exact) mass is 270 g/mol. The molecule has 1 amide bonds. The number of benzene rings is 1. The minimum atomic E-state index is -1.48. The second-order valence-electron chi connectivity index (χ2n) is 4.18. The van der Waals surface area contributed by atoms with Crippen LogP contribution in [0.1, 0.15) is 21.7 Å². The van der Waals surface area contributed by atoms with E-state index >= 15 is 0 Å². The molecule has 102 valence electrons. The first kappa shape index (κ1) is 13.6. The maximum atomic E-state index is 11.9. The number of nitrogens with one attached hydrogen (secondary N) is 1. The molecule has 0 saturated carbocycles. The lowest BCUT2D eigenvalue weighted by atomic mass is 10.1. The third-order valence-corrected chi connectivity index (χ3v) is 2.61. The summed E-state index contributed by atoms with van der Waals surface area (Å²) < 4.78 is 5.00. The molecule has 20 heavy (non-hydrogen) atoms. The van der Waals surface area contributed by atoms with E-state index in [-0.39, 0.29) is 5.70 Å². The number of carboxylic acids is 1. The molecule has 0 bridgehead atoms. The summed E-state index contributed by atoms with van der Waals surface area (Å²) in [7, 11) is 0. The molecule has 0 aliphatic heterocycles. The lowest BCUT2D eigenvalue weighted by Gasteiger charge is -2.10. The van der Waals surface area contributed by atoms with Gasteiger partial charge in [0.2, 0.25) is 0 Å². The third kappa shape index (κ3) is 3.35. The van der Waals surface area contributed by atoms with E-state index in [2.05, 4.69) is 5.32 Å². The molecule has 0 aliphatic carbocycles. The molecule has 5 heteroatoms. The van der Waals surface area contributed by atoms with Gasteiger partial charge in [0.15, 0.2) is 0 Å². The van der Waals surface area contributed by atoms with Gasteiger partial charge in [0.1, 0.15) is 5.76 Å². The van der Waals surface area contributed by atoms with Gasteiger partial charge in [-0.25, -0.2) is 0 Å². The van der Waals surface area contributed by atoms with Gasteiger partial charge in [0, 0.05) is 11.6 Å². The first-order valence-electron chi connectivity index (χ1n) is 5.91. The number of aliphatic carboxylic acids is 1.